The molecule has 0 aliphatic heterocycles. The second kappa shape index (κ2) is 6.13. The molecule has 2 rings (SSSR count). The molecule has 0 unspecified atom stereocenters. The molecule has 0 heterocycles. The Morgan fingerprint density at radius 2 is 2.05 bits per heavy atom. The Labute approximate surface area is 127 Å². The molecule has 1 saturated carbocycles. The molecule has 0 bridgehead atoms. The van der Waals surface area contributed by atoms with E-state index in [-0.39, 0.29) is 21.3 Å². The van der Waals surface area contributed by atoms with Crippen LogP contribution in [-0.2, 0) is 19.6 Å². The standard InChI is InChI=1S/C13H14ClNO5S/c14-10-6-5-8(21(15,18)19)7-9(10)13(17)20-12-4-2-1-3-11(12)16/h5-7,12H,1-4H2,(H2,15,18,19)/t12-/m0/s1. The van der Waals surface area contributed by atoms with Crippen LogP contribution in [0.3, 0.4) is 0 Å². The van der Waals surface area contributed by atoms with Gasteiger partial charge in [0.2, 0.25) is 10.0 Å². The fraction of sp³-hybridized carbons (Fsp3) is 0.385. The normalized spacial score (nSPS) is 19.3. The van der Waals surface area contributed by atoms with Crippen molar-refractivity contribution in [2.45, 2.75) is 36.7 Å². The number of benzene rings is 1. The molecule has 114 valence electrons. The van der Waals surface area contributed by atoms with Gasteiger partial charge in [-0.1, -0.05) is 11.6 Å². The van der Waals surface area contributed by atoms with E-state index in [1.54, 1.807) is 0 Å². The largest absolute Gasteiger partial charge is 0.451 e. The third-order valence-electron chi connectivity index (χ3n) is 3.23. The third kappa shape index (κ3) is 3.81. The van der Waals surface area contributed by atoms with E-state index in [4.69, 9.17) is 21.5 Å². The number of hydrogen-bond donors (Lipinski definition) is 1. The van der Waals surface area contributed by atoms with E-state index in [2.05, 4.69) is 0 Å². The van der Waals surface area contributed by atoms with Crippen molar-refractivity contribution in [3.05, 3.63) is 28.8 Å². The molecule has 2 N–H and O–H groups in total. The van der Waals surface area contributed by atoms with Crippen LogP contribution in [0.25, 0.3) is 0 Å². The zero-order chi connectivity index (χ0) is 15.6. The molecule has 1 aromatic carbocycles. The van der Waals surface area contributed by atoms with Gasteiger partial charge in [0.1, 0.15) is 0 Å². The van der Waals surface area contributed by atoms with Gasteiger partial charge in [-0.15, -0.1) is 0 Å². The number of nitrogens with two attached hydrogens (primary N) is 1. The minimum absolute atomic E-state index is 0.0376. The summed E-state index contributed by atoms with van der Waals surface area (Å²) in [5.41, 5.74) is -0.124. The minimum Gasteiger partial charge on any atom is -0.451 e. The van der Waals surface area contributed by atoms with Crippen LogP contribution in [0.1, 0.15) is 36.0 Å². The summed E-state index contributed by atoms with van der Waals surface area (Å²) in [6.07, 6.45) is 1.64. The smallest absolute Gasteiger partial charge is 0.340 e. The van der Waals surface area contributed by atoms with Gasteiger partial charge in [-0.2, -0.15) is 0 Å². The Morgan fingerprint density at radius 1 is 1.33 bits per heavy atom. The molecule has 21 heavy (non-hydrogen) atoms. The number of halogens is 1. The van der Waals surface area contributed by atoms with Crippen molar-refractivity contribution in [1.82, 2.24) is 0 Å². The molecule has 1 aliphatic rings. The van der Waals surface area contributed by atoms with Gasteiger partial charge in [0.05, 0.1) is 15.5 Å². The maximum atomic E-state index is 12.1. The summed E-state index contributed by atoms with van der Waals surface area (Å²) in [5.74, 6) is -0.959. The molecule has 0 saturated heterocycles. The van der Waals surface area contributed by atoms with Gasteiger partial charge >= 0.3 is 5.97 Å². The molecule has 1 aromatic rings. The molecule has 1 aliphatic carbocycles. The first-order valence-electron chi connectivity index (χ1n) is 6.35. The van der Waals surface area contributed by atoms with E-state index in [0.717, 1.165) is 18.9 Å². The predicted molar refractivity (Wildman–Crippen MR) is 75.5 cm³/mol. The first-order valence-corrected chi connectivity index (χ1v) is 8.27. The zero-order valence-corrected chi connectivity index (χ0v) is 12.6. The Morgan fingerprint density at radius 3 is 2.67 bits per heavy atom. The first kappa shape index (κ1) is 15.9. The van der Waals surface area contributed by atoms with Gasteiger partial charge in [0.15, 0.2) is 11.9 Å². The average Bonchev–Trinajstić information content (AvgIpc) is 2.40. The van der Waals surface area contributed by atoms with Crippen LogP contribution in [-0.4, -0.2) is 26.3 Å². The number of rotatable bonds is 3. The highest BCUT2D eigenvalue weighted by Gasteiger charge is 2.27. The van der Waals surface area contributed by atoms with Crippen LogP contribution >= 0.6 is 11.6 Å². The van der Waals surface area contributed by atoms with Crippen molar-refractivity contribution in [3.63, 3.8) is 0 Å². The SMILES string of the molecule is NS(=O)(=O)c1ccc(Cl)c(C(=O)O[C@H]2CCCCC2=O)c1. The van der Waals surface area contributed by atoms with Gasteiger partial charge < -0.3 is 4.74 Å². The number of ketones is 1. The van der Waals surface area contributed by atoms with E-state index in [0.29, 0.717) is 12.8 Å². The summed E-state index contributed by atoms with van der Waals surface area (Å²) in [7, 11) is -3.95. The highest BCUT2D eigenvalue weighted by atomic mass is 35.5. The quantitative estimate of drug-likeness (QED) is 0.848. The van der Waals surface area contributed by atoms with Crippen molar-refractivity contribution in [1.29, 1.82) is 0 Å². The number of ether oxygens (including phenoxy) is 1. The number of esters is 1. The summed E-state index contributed by atoms with van der Waals surface area (Å²) in [5, 5.41) is 5.04. The van der Waals surface area contributed by atoms with Crippen LogP contribution in [0.15, 0.2) is 23.1 Å². The molecule has 0 amide bonds. The lowest BCUT2D eigenvalue weighted by Gasteiger charge is -2.20. The lowest BCUT2D eigenvalue weighted by Crippen LogP contribution is -2.30. The molecule has 1 atom stereocenters. The average molecular weight is 332 g/mol. The van der Waals surface area contributed by atoms with Crippen LogP contribution < -0.4 is 5.14 Å². The zero-order valence-electron chi connectivity index (χ0n) is 11.0. The van der Waals surface area contributed by atoms with Crippen molar-refractivity contribution < 1.29 is 22.7 Å². The first-order chi connectivity index (χ1) is 9.79. The number of sulfonamides is 1. The fourth-order valence-corrected chi connectivity index (χ4v) is 2.84. The molecule has 0 spiro atoms. The number of hydrogen-bond acceptors (Lipinski definition) is 5. The van der Waals surface area contributed by atoms with Crippen molar-refractivity contribution in [3.8, 4) is 0 Å². The Kier molecular flexibility index (Phi) is 4.65. The van der Waals surface area contributed by atoms with Crippen LogP contribution in [0.2, 0.25) is 5.02 Å². The van der Waals surface area contributed by atoms with Gasteiger partial charge in [-0.3, -0.25) is 4.79 Å². The summed E-state index contributed by atoms with van der Waals surface area (Å²) in [6, 6.07) is 3.49. The highest BCUT2D eigenvalue weighted by Crippen LogP contribution is 2.23. The molecule has 8 heteroatoms. The van der Waals surface area contributed by atoms with Crippen molar-refractivity contribution >= 4 is 33.4 Å². The maximum Gasteiger partial charge on any atom is 0.340 e. The monoisotopic (exact) mass is 331 g/mol. The Bertz CT molecular complexity index is 686. The second-order valence-corrected chi connectivity index (χ2v) is 6.76. The minimum atomic E-state index is -3.95. The van der Waals surface area contributed by atoms with Crippen LogP contribution in [0, 0.1) is 0 Å². The summed E-state index contributed by atoms with van der Waals surface area (Å²) in [4.78, 5) is 23.5. The van der Waals surface area contributed by atoms with Gasteiger partial charge in [0, 0.05) is 6.42 Å². The van der Waals surface area contributed by atoms with Crippen LogP contribution in [0.4, 0.5) is 0 Å². The summed E-state index contributed by atoms with van der Waals surface area (Å²) < 4.78 is 27.7. The lowest BCUT2D eigenvalue weighted by molar-refractivity contribution is -0.129. The van der Waals surface area contributed by atoms with Crippen molar-refractivity contribution in [2.75, 3.05) is 0 Å². The van der Waals surface area contributed by atoms with E-state index < -0.39 is 22.1 Å². The molecular weight excluding hydrogens is 318 g/mol. The number of carbonyl (C=O) groups is 2. The Hall–Kier alpha value is -1.44. The van der Waals surface area contributed by atoms with E-state index >= 15 is 0 Å². The lowest BCUT2D eigenvalue weighted by atomic mass is 9.96. The predicted octanol–water partition coefficient (Wildman–Crippen LogP) is 1.66. The molecule has 0 aromatic heterocycles. The van der Waals surface area contributed by atoms with Crippen molar-refractivity contribution in [2.24, 2.45) is 5.14 Å². The molecule has 1 fully saturated rings. The van der Waals surface area contributed by atoms with E-state index in [9.17, 15) is 18.0 Å². The topological polar surface area (TPSA) is 104 Å². The van der Waals surface area contributed by atoms with Gasteiger partial charge in [0.25, 0.3) is 0 Å². The Balaban J connectivity index is 2.24. The van der Waals surface area contributed by atoms with Gasteiger partial charge in [-0.25, -0.2) is 18.4 Å². The third-order valence-corrected chi connectivity index (χ3v) is 4.47. The maximum absolute atomic E-state index is 12.1. The number of Topliss-reactive ketones (excluding diaryl/α,β-unsaturated/α-hetero) is 1. The molecule has 6 nitrogen and oxygen atoms in total. The number of primary sulfonamides is 1. The second-order valence-electron chi connectivity index (χ2n) is 4.79. The van der Waals surface area contributed by atoms with Crippen LogP contribution in [0.5, 0.6) is 0 Å². The van der Waals surface area contributed by atoms with E-state index in [1.807, 2.05) is 0 Å². The molecular formula is C13H14ClNO5S. The van der Waals surface area contributed by atoms with Gasteiger partial charge in [-0.05, 0) is 37.5 Å². The van der Waals surface area contributed by atoms with E-state index in [1.165, 1.54) is 12.1 Å². The fourth-order valence-electron chi connectivity index (χ4n) is 2.11. The summed E-state index contributed by atoms with van der Waals surface area (Å²) >= 11 is 5.87. The number of carbonyl (C=O) groups excluding carboxylic acids is 2. The highest BCUT2D eigenvalue weighted by molar-refractivity contribution is 7.89. The summed E-state index contributed by atoms with van der Waals surface area (Å²) in [6.45, 7) is 0. The molecule has 0 radical (unpaired) electrons.